The molecule has 1 aliphatic rings. The van der Waals surface area contributed by atoms with Gasteiger partial charge in [0.1, 0.15) is 5.75 Å². The molecule has 0 saturated carbocycles. The lowest BCUT2D eigenvalue weighted by Gasteiger charge is -2.31. The average Bonchev–Trinajstić information content (AvgIpc) is 2.39. The van der Waals surface area contributed by atoms with Gasteiger partial charge in [0, 0.05) is 16.6 Å². The molecule has 1 fully saturated rings. The van der Waals surface area contributed by atoms with Crippen molar-refractivity contribution in [1.29, 1.82) is 0 Å². The van der Waals surface area contributed by atoms with Gasteiger partial charge in [0.05, 0.1) is 7.11 Å². The minimum atomic E-state index is 0.377. The summed E-state index contributed by atoms with van der Waals surface area (Å²) in [5.41, 5.74) is 1.19. The van der Waals surface area contributed by atoms with E-state index in [2.05, 4.69) is 12.2 Å². The van der Waals surface area contributed by atoms with Crippen molar-refractivity contribution in [3.05, 3.63) is 28.8 Å². The predicted octanol–water partition coefficient (Wildman–Crippen LogP) is 3.80. The lowest BCUT2D eigenvalue weighted by molar-refractivity contribution is 0.292. The van der Waals surface area contributed by atoms with E-state index < -0.39 is 0 Å². The monoisotopic (exact) mass is 253 g/mol. The summed E-state index contributed by atoms with van der Waals surface area (Å²) in [7, 11) is 1.72. The second kappa shape index (κ2) is 5.74. The first kappa shape index (κ1) is 12.7. The van der Waals surface area contributed by atoms with E-state index >= 15 is 0 Å². The van der Waals surface area contributed by atoms with Gasteiger partial charge in [-0.3, -0.25) is 0 Å². The quantitative estimate of drug-likeness (QED) is 0.885. The van der Waals surface area contributed by atoms with E-state index in [4.69, 9.17) is 16.3 Å². The maximum absolute atomic E-state index is 6.08. The van der Waals surface area contributed by atoms with Crippen LogP contribution in [-0.4, -0.2) is 13.7 Å². The largest absolute Gasteiger partial charge is 0.496 e. The molecule has 2 atom stereocenters. The minimum absolute atomic E-state index is 0.377. The first-order valence-electron chi connectivity index (χ1n) is 6.31. The van der Waals surface area contributed by atoms with E-state index in [1.807, 2.05) is 18.2 Å². The molecule has 0 radical (unpaired) electrons. The van der Waals surface area contributed by atoms with E-state index in [-0.39, 0.29) is 0 Å². The molecular weight excluding hydrogens is 234 g/mol. The van der Waals surface area contributed by atoms with E-state index in [0.717, 1.165) is 23.2 Å². The molecule has 0 bridgehead atoms. The molecule has 2 unspecified atom stereocenters. The van der Waals surface area contributed by atoms with Crippen LogP contribution in [0.25, 0.3) is 0 Å². The molecular formula is C14H20ClNO. The number of methoxy groups -OCH3 is 1. The molecule has 0 aromatic heterocycles. The van der Waals surface area contributed by atoms with Crippen LogP contribution >= 0.6 is 11.6 Å². The van der Waals surface area contributed by atoms with Gasteiger partial charge in [-0.2, -0.15) is 0 Å². The smallest absolute Gasteiger partial charge is 0.123 e. The highest BCUT2D eigenvalue weighted by Crippen LogP contribution is 2.35. The number of piperidine rings is 1. The molecule has 1 saturated heterocycles. The van der Waals surface area contributed by atoms with Crippen molar-refractivity contribution >= 4 is 11.6 Å². The predicted molar refractivity (Wildman–Crippen MR) is 71.8 cm³/mol. The van der Waals surface area contributed by atoms with Crippen LogP contribution in [0.1, 0.15) is 37.8 Å². The van der Waals surface area contributed by atoms with Crippen molar-refractivity contribution in [3.63, 3.8) is 0 Å². The van der Waals surface area contributed by atoms with Crippen LogP contribution in [0.3, 0.4) is 0 Å². The van der Waals surface area contributed by atoms with E-state index in [1.165, 1.54) is 24.8 Å². The summed E-state index contributed by atoms with van der Waals surface area (Å²) in [6, 6.07) is 6.23. The number of hydrogen-bond donors (Lipinski definition) is 1. The van der Waals surface area contributed by atoms with Gasteiger partial charge in [0.15, 0.2) is 0 Å². The maximum Gasteiger partial charge on any atom is 0.123 e. The summed E-state index contributed by atoms with van der Waals surface area (Å²) in [6.07, 6.45) is 3.70. The highest BCUT2D eigenvalue weighted by Gasteiger charge is 2.24. The molecule has 17 heavy (non-hydrogen) atoms. The molecule has 94 valence electrons. The number of benzene rings is 1. The highest BCUT2D eigenvalue weighted by atomic mass is 35.5. The van der Waals surface area contributed by atoms with Crippen LogP contribution in [0.15, 0.2) is 18.2 Å². The Labute approximate surface area is 108 Å². The average molecular weight is 254 g/mol. The van der Waals surface area contributed by atoms with Gasteiger partial charge in [-0.1, -0.05) is 24.9 Å². The van der Waals surface area contributed by atoms with Crippen molar-refractivity contribution < 1.29 is 4.74 Å². The molecule has 1 N–H and O–H groups in total. The molecule has 1 aliphatic heterocycles. The maximum atomic E-state index is 6.08. The molecule has 0 spiro atoms. The van der Waals surface area contributed by atoms with Gasteiger partial charge < -0.3 is 10.1 Å². The number of nitrogens with one attached hydrogen (secondary N) is 1. The first-order chi connectivity index (χ1) is 8.24. The summed E-state index contributed by atoms with van der Waals surface area (Å²) in [5.74, 6) is 1.74. The van der Waals surface area contributed by atoms with E-state index in [9.17, 15) is 0 Å². The van der Waals surface area contributed by atoms with Gasteiger partial charge >= 0.3 is 0 Å². The van der Waals surface area contributed by atoms with Gasteiger partial charge in [-0.25, -0.2) is 0 Å². The molecule has 3 heteroatoms. The second-order valence-corrected chi connectivity index (χ2v) is 5.13. The Morgan fingerprint density at radius 2 is 2.29 bits per heavy atom. The van der Waals surface area contributed by atoms with Crippen molar-refractivity contribution in [3.8, 4) is 5.75 Å². The summed E-state index contributed by atoms with van der Waals surface area (Å²) < 4.78 is 5.42. The third-order valence-electron chi connectivity index (χ3n) is 3.66. The van der Waals surface area contributed by atoms with E-state index in [1.54, 1.807) is 7.11 Å². The topological polar surface area (TPSA) is 21.3 Å². The summed E-state index contributed by atoms with van der Waals surface area (Å²) >= 11 is 6.08. The van der Waals surface area contributed by atoms with Crippen LogP contribution in [0.5, 0.6) is 5.75 Å². The second-order valence-electron chi connectivity index (χ2n) is 4.69. The number of ether oxygens (including phenoxy) is 1. The summed E-state index contributed by atoms with van der Waals surface area (Å²) in [4.78, 5) is 0. The fourth-order valence-electron chi connectivity index (χ4n) is 2.58. The van der Waals surface area contributed by atoms with Crippen molar-refractivity contribution in [1.82, 2.24) is 5.32 Å². The number of halogens is 1. The SMILES string of the molecule is CCC1CCNC(c2cc(Cl)ccc2OC)C1. The van der Waals surface area contributed by atoms with Gasteiger partial charge in [0.2, 0.25) is 0 Å². The standard InChI is InChI=1S/C14H20ClNO/c1-3-10-6-7-16-13(8-10)12-9-11(15)4-5-14(12)17-2/h4-5,9-10,13,16H,3,6-8H2,1-2H3. The van der Waals surface area contributed by atoms with Gasteiger partial charge in [-0.05, 0) is 43.5 Å². The molecule has 1 aromatic carbocycles. The van der Waals surface area contributed by atoms with Crippen LogP contribution in [0.4, 0.5) is 0 Å². The molecule has 0 aliphatic carbocycles. The fraction of sp³-hybridized carbons (Fsp3) is 0.571. The van der Waals surface area contributed by atoms with E-state index in [0.29, 0.717) is 6.04 Å². The Balaban J connectivity index is 2.22. The number of rotatable bonds is 3. The summed E-state index contributed by atoms with van der Waals surface area (Å²) in [6.45, 7) is 3.35. The third kappa shape index (κ3) is 2.93. The molecule has 2 nitrogen and oxygen atoms in total. The van der Waals surface area contributed by atoms with Gasteiger partial charge in [-0.15, -0.1) is 0 Å². The highest BCUT2D eigenvalue weighted by molar-refractivity contribution is 6.30. The Morgan fingerprint density at radius 3 is 3.00 bits per heavy atom. The zero-order valence-electron chi connectivity index (χ0n) is 10.5. The summed E-state index contributed by atoms with van der Waals surface area (Å²) in [5, 5.41) is 4.34. The zero-order valence-corrected chi connectivity index (χ0v) is 11.3. The van der Waals surface area contributed by atoms with Crippen LogP contribution in [0, 0.1) is 5.92 Å². The Hall–Kier alpha value is -0.730. The van der Waals surface area contributed by atoms with Crippen molar-refractivity contribution in [2.75, 3.05) is 13.7 Å². The lowest BCUT2D eigenvalue weighted by Crippen LogP contribution is -2.31. The first-order valence-corrected chi connectivity index (χ1v) is 6.69. The number of hydrogen-bond acceptors (Lipinski definition) is 2. The van der Waals surface area contributed by atoms with Crippen molar-refractivity contribution in [2.45, 2.75) is 32.2 Å². The normalized spacial score (nSPS) is 24.6. The van der Waals surface area contributed by atoms with Crippen LogP contribution in [0.2, 0.25) is 5.02 Å². The Morgan fingerprint density at radius 1 is 1.47 bits per heavy atom. The van der Waals surface area contributed by atoms with Crippen LogP contribution < -0.4 is 10.1 Å². The molecule has 0 amide bonds. The molecule has 1 aromatic rings. The van der Waals surface area contributed by atoms with Crippen LogP contribution in [-0.2, 0) is 0 Å². The molecule has 1 heterocycles. The zero-order chi connectivity index (χ0) is 12.3. The minimum Gasteiger partial charge on any atom is -0.496 e. The fourth-order valence-corrected chi connectivity index (χ4v) is 2.76. The molecule has 2 rings (SSSR count). The third-order valence-corrected chi connectivity index (χ3v) is 3.89. The van der Waals surface area contributed by atoms with Gasteiger partial charge in [0.25, 0.3) is 0 Å². The Bertz CT molecular complexity index is 380. The van der Waals surface area contributed by atoms with Crippen molar-refractivity contribution in [2.24, 2.45) is 5.92 Å². The lowest BCUT2D eigenvalue weighted by atomic mass is 9.87. The Kier molecular flexibility index (Phi) is 4.30.